The molecule has 1 aromatic rings. The highest BCUT2D eigenvalue weighted by Crippen LogP contribution is 2.24. The second kappa shape index (κ2) is 6.82. The first-order valence-electron chi connectivity index (χ1n) is 8.74. The van der Waals surface area contributed by atoms with Crippen molar-refractivity contribution in [2.45, 2.75) is 76.9 Å². The first-order valence-corrected chi connectivity index (χ1v) is 8.74. The molecule has 1 aliphatic carbocycles. The van der Waals surface area contributed by atoms with E-state index in [4.69, 9.17) is 0 Å². The molecule has 122 valence electrons. The average molecular weight is 304 g/mol. The number of aryl methyl sites for hydroxylation is 1. The van der Waals surface area contributed by atoms with Crippen LogP contribution in [0.4, 0.5) is 5.82 Å². The van der Waals surface area contributed by atoms with Crippen LogP contribution in [0.5, 0.6) is 0 Å². The minimum absolute atomic E-state index is 0.0846. The predicted molar refractivity (Wildman–Crippen MR) is 87.9 cm³/mol. The van der Waals surface area contributed by atoms with E-state index < -0.39 is 0 Å². The van der Waals surface area contributed by atoms with E-state index in [2.05, 4.69) is 26.8 Å². The third kappa shape index (κ3) is 3.19. The Hall–Kier alpha value is -1.36. The maximum absolute atomic E-state index is 12.6. The van der Waals surface area contributed by atoms with E-state index in [1.54, 1.807) is 0 Å². The van der Waals surface area contributed by atoms with Crippen LogP contribution in [-0.2, 0) is 17.8 Å². The van der Waals surface area contributed by atoms with Crippen molar-refractivity contribution in [3.8, 4) is 0 Å². The molecule has 0 aromatic carbocycles. The summed E-state index contributed by atoms with van der Waals surface area (Å²) in [5.41, 5.74) is 0. The monoisotopic (exact) mass is 304 g/mol. The van der Waals surface area contributed by atoms with Crippen molar-refractivity contribution in [1.29, 1.82) is 0 Å². The van der Waals surface area contributed by atoms with Crippen LogP contribution in [0.25, 0.3) is 0 Å². The van der Waals surface area contributed by atoms with Gasteiger partial charge in [0.15, 0.2) is 0 Å². The van der Waals surface area contributed by atoms with Gasteiger partial charge in [-0.15, -0.1) is 0 Å². The highest BCUT2D eigenvalue weighted by molar-refractivity contribution is 5.93. The Labute approximate surface area is 133 Å². The summed E-state index contributed by atoms with van der Waals surface area (Å²) in [6.45, 7) is 2.98. The number of carbonyl (C=O) groups excluding carboxylic acids is 1. The lowest BCUT2D eigenvalue weighted by molar-refractivity contribution is -0.121. The fraction of sp³-hybridized carbons (Fsp3) is 0.765. The fourth-order valence-electron chi connectivity index (χ4n) is 3.74. The molecule has 0 spiro atoms. The van der Waals surface area contributed by atoms with Gasteiger partial charge in [0.05, 0.1) is 12.2 Å². The molecule has 1 unspecified atom stereocenters. The maximum atomic E-state index is 12.6. The smallest absolute Gasteiger partial charge is 0.242 e. The van der Waals surface area contributed by atoms with Crippen LogP contribution in [0.2, 0.25) is 0 Å². The number of likely N-dealkylation sites (N-methyl/N-ethyl adjacent to an activating group) is 1. The topological polar surface area (TPSA) is 50.2 Å². The van der Waals surface area contributed by atoms with Gasteiger partial charge in [0.2, 0.25) is 5.91 Å². The van der Waals surface area contributed by atoms with Crippen molar-refractivity contribution in [3.05, 3.63) is 12.0 Å². The summed E-state index contributed by atoms with van der Waals surface area (Å²) in [5.74, 6) is 2.06. The van der Waals surface area contributed by atoms with E-state index in [0.717, 1.165) is 24.6 Å². The third-order valence-corrected chi connectivity index (χ3v) is 5.36. The van der Waals surface area contributed by atoms with Gasteiger partial charge < -0.3 is 9.88 Å². The zero-order valence-electron chi connectivity index (χ0n) is 13.8. The molecule has 1 aliphatic heterocycles. The Morgan fingerprint density at radius 1 is 1.32 bits per heavy atom. The second-order valence-electron chi connectivity index (χ2n) is 6.79. The summed E-state index contributed by atoms with van der Waals surface area (Å²) in [7, 11) is 2.09. The van der Waals surface area contributed by atoms with Crippen molar-refractivity contribution in [2.24, 2.45) is 0 Å². The van der Waals surface area contributed by atoms with Gasteiger partial charge in [-0.25, -0.2) is 4.98 Å². The van der Waals surface area contributed by atoms with Crippen LogP contribution in [0.15, 0.2) is 6.20 Å². The van der Waals surface area contributed by atoms with Crippen LogP contribution in [-0.4, -0.2) is 39.5 Å². The number of imidazole rings is 1. The van der Waals surface area contributed by atoms with Crippen molar-refractivity contribution in [2.75, 3.05) is 12.4 Å². The van der Waals surface area contributed by atoms with E-state index in [1.807, 2.05) is 13.1 Å². The summed E-state index contributed by atoms with van der Waals surface area (Å²) in [4.78, 5) is 19.3. The molecule has 3 rings (SSSR count). The number of nitrogens with one attached hydrogen (secondary N) is 1. The lowest BCUT2D eigenvalue weighted by Crippen LogP contribution is -2.46. The largest absolute Gasteiger partial charge is 0.315 e. The van der Waals surface area contributed by atoms with Crippen LogP contribution < -0.4 is 5.32 Å². The molecule has 0 saturated heterocycles. The summed E-state index contributed by atoms with van der Waals surface area (Å²) >= 11 is 0. The van der Waals surface area contributed by atoms with Gasteiger partial charge in [-0.2, -0.15) is 0 Å². The van der Waals surface area contributed by atoms with Gasteiger partial charge >= 0.3 is 0 Å². The molecule has 5 heteroatoms. The Kier molecular flexibility index (Phi) is 4.81. The average Bonchev–Trinajstić information content (AvgIpc) is 2.97. The zero-order valence-corrected chi connectivity index (χ0v) is 13.8. The summed E-state index contributed by atoms with van der Waals surface area (Å²) in [6, 6.07) is 0.451. The Bertz CT molecular complexity index is 519. The third-order valence-electron chi connectivity index (χ3n) is 5.36. The summed E-state index contributed by atoms with van der Waals surface area (Å²) in [5, 5.41) is 3.09. The van der Waals surface area contributed by atoms with Gasteiger partial charge in [0, 0.05) is 19.0 Å². The van der Waals surface area contributed by atoms with E-state index in [0.29, 0.717) is 6.04 Å². The molecule has 0 bridgehead atoms. The standard InChI is InChI=1S/C17H28N4O/c1-13(20(2)14-8-4-3-5-9-14)17(22)19-16-12-18-15-10-6-7-11-21(15)16/h12-14H,3-11H2,1-2H3,(H,19,22). The van der Waals surface area contributed by atoms with E-state index >= 15 is 0 Å². The van der Waals surface area contributed by atoms with Crippen LogP contribution in [0, 0.1) is 0 Å². The molecule has 1 saturated carbocycles. The summed E-state index contributed by atoms with van der Waals surface area (Å²) < 4.78 is 2.16. The molecular weight excluding hydrogens is 276 g/mol. The van der Waals surface area contributed by atoms with Gasteiger partial charge in [-0.1, -0.05) is 19.3 Å². The molecule has 1 amide bonds. The maximum Gasteiger partial charge on any atom is 0.242 e. The predicted octanol–water partition coefficient (Wildman–Crippen LogP) is 2.81. The lowest BCUT2D eigenvalue weighted by atomic mass is 9.93. The Morgan fingerprint density at radius 2 is 2.09 bits per heavy atom. The van der Waals surface area contributed by atoms with E-state index in [9.17, 15) is 4.79 Å². The van der Waals surface area contributed by atoms with Gasteiger partial charge in [0.25, 0.3) is 0 Å². The molecule has 22 heavy (non-hydrogen) atoms. The van der Waals surface area contributed by atoms with Gasteiger partial charge in [-0.05, 0) is 39.7 Å². The molecule has 1 aromatic heterocycles. The minimum atomic E-state index is -0.0992. The SMILES string of the molecule is CC(C(=O)Nc1cnc2n1CCCC2)N(C)C1CCCCC1. The van der Waals surface area contributed by atoms with E-state index in [1.165, 1.54) is 44.9 Å². The molecule has 2 heterocycles. The molecular formula is C17H28N4O. The normalized spacial score (nSPS) is 20.7. The van der Waals surface area contributed by atoms with Crippen LogP contribution in [0.1, 0.15) is 57.7 Å². The van der Waals surface area contributed by atoms with Crippen LogP contribution in [0.3, 0.4) is 0 Å². The quantitative estimate of drug-likeness (QED) is 0.930. The molecule has 0 radical (unpaired) electrons. The number of anilines is 1. The molecule has 5 nitrogen and oxygen atoms in total. The van der Waals surface area contributed by atoms with E-state index in [-0.39, 0.29) is 11.9 Å². The zero-order chi connectivity index (χ0) is 15.5. The number of aromatic nitrogens is 2. The molecule has 2 aliphatic rings. The first kappa shape index (κ1) is 15.5. The summed E-state index contributed by atoms with van der Waals surface area (Å²) in [6.07, 6.45) is 11.6. The number of nitrogens with zero attached hydrogens (tertiary/aromatic N) is 3. The fourth-order valence-corrected chi connectivity index (χ4v) is 3.74. The van der Waals surface area contributed by atoms with Crippen molar-refractivity contribution >= 4 is 11.7 Å². The minimum Gasteiger partial charge on any atom is -0.315 e. The van der Waals surface area contributed by atoms with Crippen LogP contribution >= 0.6 is 0 Å². The van der Waals surface area contributed by atoms with Crippen molar-refractivity contribution in [1.82, 2.24) is 14.5 Å². The molecule has 1 fully saturated rings. The number of carbonyl (C=O) groups is 1. The second-order valence-corrected chi connectivity index (χ2v) is 6.79. The number of fused-ring (bicyclic) bond motifs is 1. The lowest BCUT2D eigenvalue weighted by Gasteiger charge is -2.34. The number of hydrogen-bond donors (Lipinski definition) is 1. The number of rotatable bonds is 4. The molecule has 1 atom stereocenters. The molecule has 1 N–H and O–H groups in total. The van der Waals surface area contributed by atoms with Crippen molar-refractivity contribution in [3.63, 3.8) is 0 Å². The first-order chi connectivity index (χ1) is 10.7. The number of hydrogen-bond acceptors (Lipinski definition) is 3. The van der Waals surface area contributed by atoms with Gasteiger partial charge in [-0.3, -0.25) is 9.69 Å². The Balaban J connectivity index is 1.62. The highest BCUT2D eigenvalue weighted by atomic mass is 16.2. The van der Waals surface area contributed by atoms with Gasteiger partial charge in [0.1, 0.15) is 11.6 Å². The Morgan fingerprint density at radius 3 is 2.86 bits per heavy atom. The van der Waals surface area contributed by atoms with Crippen molar-refractivity contribution < 1.29 is 4.79 Å². The number of amides is 1. The highest BCUT2D eigenvalue weighted by Gasteiger charge is 2.27.